The summed E-state index contributed by atoms with van der Waals surface area (Å²) in [5.74, 6) is -0.523. The van der Waals surface area contributed by atoms with Gasteiger partial charge in [0.25, 0.3) is 0 Å². The van der Waals surface area contributed by atoms with E-state index in [-0.39, 0.29) is 13.0 Å². The lowest BCUT2D eigenvalue weighted by molar-refractivity contribution is -0.870. The van der Waals surface area contributed by atoms with Crippen molar-refractivity contribution in [1.82, 2.24) is 0 Å². The van der Waals surface area contributed by atoms with Crippen molar-refractivity contribution in [3.05, 3.63) is 12.2 Å². The molecule has 214 valence electrons. The molecule has 0 aliphatic heterocycles. The number of carbonyl (C=O) groups is 1. The van der Waals surface area contributed by atoms with Gasteiger partial charge in [0.05, 0.1) is 27.7 Å². The van der Waals surface area contributed by atoms with Gasteiger partial charge in [-0.3, -0.25) is 19.1 Å². The topological polar surface area (TPSA) is 123 Å². The van der Waals surface area contributed by atoms with Crippen LogP contribution in [0.4, 0.5) is 0 Å². The maximum absolute atomic E-state index is 12.6. The lowest BCUT2D eigenvalue weighted by Gasteiger charge is -2.26. The monoisotopic (exact) mass is 538 g/mol. The average Bonchev–Trinajstić information content (AvgIpc) is 2.80. The van der Waals surface area contributed by atoms with Gasteiger partial charge in [-0.25, -0.2) is 9.45 Å². The summed E-state index contributed by atoms with van der Waals surface area (Å²) in [6, 6.07) is 0. The number of rotatable bonds is 25. The first-order chi connectivity index (χ1) is 17.1. The number of unbranched alkanes of at least 4 members (excludes halogenated alkanes) is 11. The highest BCUT2D eigenvalue weighted by molar-refractivity contribution is 7.47. The summed E-state index contributed by atoms with van der Waals surface area (Å²) in [4.78, 5) is 26.7. The standard InChI is InChI=1S/C26H52NO8P/c1-5-6-7-8-9-10-11-12-13-14-15-16-17-18-19-20-24(29)26(25(23-28)34-30)35-36(31,32)33-22-21-27(2,3)4/h12-13,25-26,28H,5-11,14-23H2,1-4H3,(H-,30,31,32)/p+1/b13-12-/t25-,26?/m0/s1. The Morgan fingerprint density at radius 3 is 1.94 bits per heavy atom. The minimum absolute atomic E-state index is 0.0593. The molecule has 0 bridgehead atoms. The van der Waals surface area contributed by atoms with Gasteiger partial charge in [0, 0.05) is 6.42 Å². The molecule has 0 spiro atoms. The molecule has 0 aromatic heterocycles. The van der Waals surface area contributed by atoms with Crippen LogP contribution in [0.1, 0.15) is 96.8 Å². The SMILES string of the molecule is CCCCCCCC/C=C\CCCCCCCC(=O)C(OP(=O)(O)OCC[N+](C)(C)C)[C@H](CO)OO. The summed E-state index contributed by atoms with van der Waals surface area (Å²) < 4.78 is 22.8. The van der Waals surface area contributed by atoms with Gasteiger partial charge in [0.15, 0.2) is 11.9 Å². The third kappa shape index (κ3) is 20.4. The van der Waals surface area contributed by atoms with Gasteiger partial charge in [-0.2, -0.15) is 0 Å². The van der Waals surface area contributed by atoms with Gasteiger partial charge < -0.3 is 14.5 Å². The van der Waals surface area contributed by atoms with Crippen molar-refractivity contribution >= 4 is 13.6 Å². The fourth-order valence-corrected chi connectivity index (χ4v) is 4.55. The molecule has 0 aliphatic rings. The Balaban J connectivity index is 4.20. The average molecular weight is 539 g/mol. The normalized spacial score (nSPS) is 15.8. The highest BCUT2D eigenvalue weighted by Crippen LogP contribution is 2.45. The first kappa shape index (κ1) is 35.4. The predicted octanol–water partition coefficient (Wildman–Crippen LogP) is 5.65. The second-order valence-electron chi connectivity index (χ2n) is 10.5. The van der Waals surface area contributed by atoms with Crippen molar-refractivity contribution in [2.75, 3.05) is 40.9 Å². The molecule has 3 N–H and O–H groups in total. The van der Waals surface area contributed by atoms with E-state index in [1.807, 2.05) is 21.1 Å². The molecule has 0 saturated heterocycles. The number of hydrogen-bond donors (Lipinski definition) is 3. The van der Waals surface area contributed by atoms with E-state index in [0.29, 0.717) is 17.4 Å². The number of nitrogens with zero attached hydrogens (tertiary/aromatic N) is 1. The van der Waals surface area contributed by atoms with Crippen molar-refractivity contribution in [1.29, 1.82) is 0 Å². The van der Waals surface area contributed by atoms with Crippen molar-refractivity contribution in [3.63, 3.8) is 0 Å². The summed E-state index contributed by atoms with van der Waals surface area (Å²) in [5.41, 5.74) is 0. The Hall–Kier alpha value is -0.640. The maximum atomic E-state index is 12.6. The van der Waals surface area contributed by atoms with Gasteiger partial charge in [0.2, 0.25) is 0 Å². The summed E-state index contributed by atoms with van der Waals surface area (Å²) in [6.45, 7) is 1.87. The Labute approximate surface area is 219 Å². The smallest absolute Gasteiger partial charge is 0.393 e. The number of carbonyl (C=O) groups excluding carboxylic acids is 1. The summed E-state index contributed by atoms with van der Waals surface area (Å²) in [7, 11) is 1.11. The molecular weight excluding hydrogens is 485 g/mol. The number of allylic oxidation sites excluding steroid dienone is 2. The second kappa shape index (κ2) is 21.3. The molecule has 0 saturated carbocycles. The van der Waals surface area contributed by atoms with Crippen molar-refractivity contribution in [2.45, 2.75) is 109 Å². The molecule has 0 fully saturated rings. The molecule has 0 aromatic carbocycles. The molecule has 10 heteroatoms. The number of phosphoric acid groups is 1. The number of aliphatic hydroxyl groups excluding tert-OH is 1. The fraction of sp³-hybridized carbons (Fsp3) is 0.885. The summed E-state index contributed by atoms with van der Waals surface area (Å²) in [6.07, 6.45) is 16.3. The Morgan fingerprint density at radius 2 is 1.44 bits per heavy atom. The molecule has 36 heavy (non-hydrogen) atoms. The number of likely N-dealkylation sites (N-methyl/N-ethyl adjacent to an activating group) is 1. The van der Waals surface area contributed by atoms with E-state index in [1.165, 1.54) is 38.5 Å². The number of hydrogen-bond acceptors (Lipinski definition) is 7. The summed E-state index contributed by atoms with van der Waals surface area (Å²) >= 11 is 0. The first-order valence-corrected chi connectivity index (χ1v) is 15.1. The van der Waals surface area contributed by atoms with Gasteiger partial charge in [-0.15, -0.1) is 0 Å². The van der Waals surface area contributed by atoms with Crippen molar-refractivity contribution < 1.29 is 43.0 Å². The van der Waals surface area contributed by atoms with Gasteiger partial charge in [-0.05, 0) is 32.1 Å². The lowest BCUT2D eigenvalue weighted by Crippen LogP contribution is -2.40. The molecule has 9 nitrogen and oxygen atoms in total. The quantitative estimate of drug-likeness (QED) is 0.0340. The van der Waals surface area contributed by atoms with Crippen LogP contribution in [0, 0.1) is 0 Å². The van der Waals surface area contributed by atoms with Crippen LogP contribution < -0.4 is 0 Å². The maximum Gasteiger partial charge on any atom is 0.473 e. The highest BCUT2D eigenvalue weighted by atomic mass is 31.2. The van der Waals surface area contributed by atoms with Crippen LogP contribution in [0.2, 0.25) is 0 Å². The van der Waals surface area contributed by atoms with E-state index >= 15 is 0 Å². The van der Waals surface area contributed by atoms with Crippen LogP contribution >= 0.6 is 7.82 Å². The van der Waals surface area contributed by atoms with Gasteiger partial charge in [0.1, 0.15) is 19.3 Å². The van der Waals surface area contributed by atoms with Crippen LogP contribution in [0.25, 0.3) is 0 Å². The van der Waals surface area contributed by atoms with Crippen LogP contribution in [0.15, 0.2) is 12.2 Å². The molecule has 0 aromatic rings. The predicted molar refractivity (Wildman–Crippen MR) is 143 cm³/mol. The molecular formula is C26H53NO8P+. The Bertz CT molecular complexity index is 620. The Kier molecular flexibility index (Phi) is 20.9. The first-order valence-electron chi connectivity index (χ1n) is 13.6. The lowest BCUT2D eigenvalue weighted by atomic mass is 10.0. The zero-order valence-corrected chi connectivity index (χ0v) is 24.0. The molecule has 0 amide bonds. The third-order valence-corrected chi connectivity index (χ3v) is 6.92. The van der Waals surface area contributed by atoms with Crippen LogP contribution in [0.3, 0.4) is 0 Å². The number of aliphatic hydroxyl groups is 1. The van der Waals surface area contributed by atoms with Gasteiger partial charge >= 0.3 is 7.82 Å². The zero-order chi connectivity index (χ0) is 27.3. The molecule has 0 aliphatic carbocycles. The number of ketones is 1. The van der Waals surface area contributed by atoms with E-state index in [2.05, 4.69) is 24.0 Å². The fourth-order valence-electron chi connectivity index (χ4n) is 3.63. The molecule has 3 atom stereocenters. The Morgan fingerprint density at radius 1 is 0.917 bits per heavy atom. The largest absolute Gasteiger partial charge is 0.473 e. The van der Waals surface area contributed by atoms with E-state index in [0.717, 1.165) is 38.5 Å². The third-order valence-electron chi connectivity index (χ3n) is 5.92. The van der Waals surface area contributed by atoms with Crippen molar-refractivity contribution in [3.8, 4) is 0 Å². The molecule has 0 heterocycles. The van der Waals surface area contributed by atoms with Crippen LogP contribution in [-0.2, 0) is 23.3 Å². The molecule has 0 radical (unpaired) electrons. The van der Waals surface area contributed by atoms with E-state index in [9.17, 15) is 19.4 Å². The minimum Gasteiger partial charge on any atom is -0.393 e. The van der Waals surface area contributed by atoms with Crippen LogP contribution in [-0.4, -0.2) is 78.6 Å². The summed E-state index contributed by atoms with van der Waals surface area (Å²) in [5, 5.41) is 18.4. The van der Waals surface area contributed by atoms with E-state index < -0.39 is 32.4 Å². The molecule has 2 unspecified atom stereocenters. The molecule has 0 rings (SSSR count). The number of phosphoric ester groups is 1. The minimum atomic E-state index is -4.58. The second-order valence-corrected chi connectivity index (χ2v) is 11.9. The van der Waals surface area contributed by atoms with Crippen molar-refractivity contribution in [2.24, 2.45) is 0 Å². The van der Waals surface area contributed by atoms with Crippen LogP contribution in [0.5, 0.6) is 0 Å². The highest BCUT2D eigenvalue weighted by Gasteiger charge is 2.37. The van der Waals surface area contributed by atoms with E-state index in [4.69, 9.17) is 14.3 Å². The van der Waals surface area contributed by atoms with Gasteiger partial charge in [-0.1, -0.05) is 70.4 Å². The number of Topliss-reactive ketones (excluding diaryl/α,β-unsaturated/α-hetero) is 1. The zero-order valence-electron chi connectivity index (χ0n) is 23.1. The van der Waals surface area contributed by atoms with E-state index in [1.54, 1.807) is 0 Å². The number of quaternary nitrogens is 1.